The van der Waals surface area contributed by atoms with E-state index in [1.807, 2.05) is 19.9 Å². The molecule has 0 aromatic heterocycles. The second-order valence-electron chi connectivity index (χ2n) is 7.09. The van der Waals surface area contributed by atoms with Crippen molar-refractivity contribution < 1.29 is 19.4 Å². The van der Waals surface area contributed by atoms with Gasteiger partial charge in [-0.25, -0.2) is 0 Å². The summed E-state index contributed by atoms with van der Waals surface area (Å²) in [5.41, 5.74) is -1.75. The summed E-state index contributed by atoms with van der Waals surface area (Å²) < 4.78 is 5.39. The average molecular weight is 264 g/mol. The second-order valence-corrected chi connectivity index (χ2v) is 7.09. The van der Waals surface area contributed by atoms with E-state index in [1.54, 1.807) is 13.0 Å². The van der Waals surface area contributed by atoms with Crippen LogP contribution in [-0.2, 0) is 14.3 Å². The van der Waals surface area contributed by atoms with Crippen LogP contribution in [0, 0.1) is 16.7 Å². The van der Waals surface area contributed by atoms with Gasteiger partial charge in [0.2, 0.25) is 0 Å². The van der Waals surface area contributed by atoms with Gasteiger partial charge in [0.1, 0.15) is 17.5 Å². The summed E-state index contributed by atoms with van der Waals surface area (Å²) >= 11 is 0. The topological polar surface area (TPSA) is 63.6 Å². The first-order chi connectivity index (χ1) is 8.68. The molecule has 104 valence electrons. The van der Waals surface area contributed by atoms with E-state index in [0.29, 0.717) is 12.8 Å². The molecule has 0 amide bonds. The molecule has 2 bridgehead atoms. The Bertz CT molecular complexity index is 488. The molecule has 19 heavy (non-hydrogen) atoms. The largest absolute Gasteiger partial charge is 0.459 e. The first kappa shape index (κ1) is 12.9. The molecule has 0 aromatic carbocycles. The molecule has 4 heteroatoms. The number of allylic oxidation sites excluding steroid dienone is 1. The van der Waals surface area contributed by atoms with Crippen LogP contribution >= 0.6 is 0 Å². The van der Waals surface area contributed by atoms with Gasteiger partial charge in [-0.1, -0.05) is 26.0 Å². The number of ketones is 1. The van der Waals surface area contributed by atoms with Crippen molar-refractivity contribution in [3.05, 3.63) is 12.2 Å². The fraction of sp³-hybridized carbons (Fsp3) is 0.733. The Hall–Kier alpha value is -1.16. The maximum atomic E-state index is 12.2. The van der Waals surface area contributed by atoms with E-state index in [1.165, 1.54) is 0 Å². The number of fused-ring (bicyclic) bond motifs is 1. The fourth-order valence-electron chi connectivity index (χ4n) is 4.05. The first-order valence-corrected chi connectivity index (χ1v) is 6.83. The molecule has 1 saturated carbocycles. The van der Waals surface area contributed by atoms with Crippen LogP contribution in [0.1, 0.15) is 40.0 Å². The van der Waals surface area contributed by atoms with Crippen LogP contribution in [0.25, 0.3) is 0 Å². The number of hydrogen-bond donors (Lipinski definition) is 1. The van der Waals surface area contributed by atoms with E-state index in [4.69, 9.17) is 4.74 Å². The Morgan fingerprint density at radius 3 is 2.63 bits per heavy atom. The quantitative estimate of drug-likeness (QED) is 0.533. The highest BCUT2D eigenvalue weighted by Gasteiger charge is 2.63. The zero-order valence-corrected chi connectivity index (χ0v) is 11.6. The molecule has 0 radical (unpaired) electrons. The van der Waals surface area contributed by atoms with Gasteiger partial charge >= 0.3 is 5.97 Å². The second kappa shape index (κ2) is 3.48. The number of carbonyl (C=O) groups excluding carboxylic acids is 2. The lowest BCUT2D eigenvalue weighted by atomic mass is 9.48. The van der Waals surface area contributed by atoms with E-state index in [0.717, 1.165) is 0 Å². The van der Waals surface area contributed by atoms with Gasteiger partial charge in [-0.2, -0.15) is 0 Å². The monoisotopic (exact) mass is 264 g/mol. The molecule has 1 saturated heterocycles. The first-order valence-electron chi connectivity index (χ1n) is 6.83. The molecule has 1 spiro atoms. The molecule has 0 unspecified atom stereocenters. The van der Waals surface area contributed by atoms with Crippen molar-refractivity contribution in [1.29, 1.82) is 0 Å². The summed E-state index contributed by atoms with van der Waals surface area (Å²) in [6.07, 6.45) is 4.57. The molecule has 1 heterocycles. The highest BCUT2D eigenvalue weighted by molar-refractivity contribution is 5.88. The molecule has 3 rings (SSSR count). The van der Waals surface area contributed by atoms with Gasteiger partial charge in [0, 0.05) is 18.3 Å². The average Bonchev–Trinajstić information content (AvgIpc) is 2.26. The van der Waals surface area contributed by atoms with Crippen molar-refractivity contribution in [2.45, 2.75) is 51.7 Å². The molecular weight excluding hydrogens is 244 g/mol. The van der Waals surface area contributed by atoms with Crippen molar-refractivity contribution in [1.82, 2.24) is 0 Å². The van der Waals surface area contributed by atoms with Crippen LogP contribution < -0.4 is 0 Å². The molecule has 4 nitrogen and oxygen atoms in total. The number of hydrogen-bond acceptors (Lipinski definition) is 4. The summed E-state index contributed by atoms with van der Waals surface area (Å²) in [6.45, 7) is 5.74. The summed E-state index contributed by atoms with van der Waals surface area (Å²) in [5.74, 6) is -0.601. The number of aliphatic hydroxyl groups is 1. The zero-order valence-electron chi connectivity index (χ0n) is 11.6. The molecule has 0 aromatic rings. The Balaban J connectivity index is 2.14. The van der Waals surface area contributed by atoms with Crippen LogP contribution in [-0.4, -0.2) is 28.6 Å². The lowest BCUT2D eigenvalue weighted by molar-refractivity contribution is -0.204. The van der Waals surface area contributed by atoms with Gasteiger partial charge in [0.15, 0.2) is 0 Å². The molecule has 2 aliphatic carbocycles. The SMILES string of the molecule is CC1(C)CC(=O)C[C@@H]2C(=O)O[C@H]3C[C@]21C=C[C@]3(C)O. The third-order valence-corrected chi connectivity index (χ3v) is 5.39. The maximum Gasteiger partial charge on any atom is 0.310 e. The van der Waals surface area contributed by atoms with Crippen LogP contribution in [0.15, 0.2) is 12.2 Å². The Labute approximate surface area is 112 Å². The van der Waals surface area contributed by atoms with Crippen molar-refractivity contribution in [3.63, 3.8) is 0 Å². The van der Waals surface area contributed by atoms with Gasteiger partial charge < -0.3 is 9.84 Å². The van der Waals surface area contributed by atoms with Gasteiger partial charge in [-0.15, -0.1) is 0 Å². The molecule has 3 aliphatic rings. The van der Waals surface area contributed by atoms with Crippen LogP contribution in [0.4, 0.5) is 0 Å². The van der Waals surface area contributed by atoms with Crippen molar-refractivity contribution in [2.75, 3.05) is 0 Å². The maximum absolute atomic E-state index is 12.2. The lowest BCUT2D eigenvalue weighted by Crippen LogP contribution is -2.62. The Kier molecular flexibility index (Phi) is 2.35. The standard InChI is InChI=1S/C15H20O4/c1-13(2)7-9(16)6-10-12(17)19-11-8-15(10,13)5-4-14(11,3)18/h4-5,10-11,18H,6-8H2,1-3H3/t10-,11+,14+,15-/m1/s1. The molecular formula is C15H20O4. The predicted molar refractivity (Wildman–Crippen MR) is 68.2 cm³/mol. The highest BCUT2D eigenvalue weighted by atomic mass is 16.6. The lowest BCUT2D eigenvalue weighted by Gasteiger charge is -2.58. The number of esters is 1. The van der Waals surface area contributed by atoms with Crippen LogP contribution in [0.3, 0.4) is 0 Å². The summed E-state index contributed by atoms with van der Waals surface area (Å²) in [4.78, 5) is 24.1. The van der Waals surface area contributed by atoms with Crippen molar-refractivity contribution in [3.8, 4) is 0 Å². The number of carbonyl (C=O) groups is 2. The third kappa shape index (κ3) is 1.55. The molecule has 1 N–H and O–H groups in total. The summed E-state index contributed by atoms with van der Waals surface area (Å²) in [7, 11) is 0. The van der Waals surface area contributed by atoms with E-state index >= 15 is 0 Å². The molecule has 1 aliphatic heterocycles. The summed E-state index contributed by atoms with van der Waals surface area (Å²) in [6, 6.07) is 0. The minimum atomic E-state index is -1.11. The third-order valence-electron chi connectivity index (χ3n) is 5.39. The van der Waals surface area contributed by atoms with E-state index in [-0.39, 0.29) is 29.0 Å². The van der Waals surface area contributed by atoms with E-state index in [2.05, 4.69) is 0 Å². The van der Waals surface area contributed by atoms with Crippen LogP contribution in [0.5, 0.6) is 0 Å². The van der Waals surface area contributed by atoms with E-state index < -0.39 is 17.6 Å². The smallest absolute Gasteiger partial charge is 0.310 e. The van der Waals surface area contributed by atoms with Gasteiger partial charge in [0.25, 0.3) is 0 Å². The fourth-order valence-corrected chi connectivity index (χ4v) is 4.05. The van der Waals surface area contributed by atoms with Gasteiger partial charge in [-0.3, -0.25) is 9.59 Å². The normalized spacial score (nSPS) is 47.6. The Morgan fingerprint density at radius 2 is 1.95 bits per heavy atom. The van der Waals surface area contributed by atoms with Crippen molar-refractivity contribution >= 4 is 11.8 Å². The van der Waals surface area contributed by atoms with Crippen molar-refractivity contribution in [2.24, 2.45) is 16.7 Å². The number of Topliss-reactive ketones (excluding diaryl/α,β-unsaturated/α-hetero) is 1. The minimum Gasteiger partial charge on any atom is -0.459 e. The number of rotatable bonds is 0. The predicted octanol–water partition coefficient (Wildman–Crippen LogP) is 1.61. The number of ether oxygens (including phenoxy) is 1. The van der Waals surface area contributed by atoms with Gasteiger partial charge in [0.05, 0.1) is 5.92 Å². The highest BCUT2D eigenvalue weighted by Crippen LogP contribution is 2.61. The molecule has 4 atom stereocenters. The molecule has 2 fully saturated rings. The van der Waals surface area contributed by atoms with Gasteiger partial charge in [-0.05, 0) is 18.8 Å². The van der Waals surface area contributed by atoms with Crippen LogP contribution in [0.2, 0.25) is 0 Å². The summed E-state index contributed by atoms with van der Waals surface area (Å²) in [5, 5.41) is 10.3. The minimum absolute atomic E-state index is 0.127. The zero-order chi connectivity index (χ0) is 14.1. The van der Waals surface area contributed by atoms with E-state index in [9.17, 15) is 14.7 Å². The Morgan fingerprint density at radius 1 is 1.26 bits per heavy atom.